The Morgan fingerprint density at radius 1 is 1.57 bits per heavy atom. The fourth-order valence-electron chi connectivity index (χ4n) is 2.25. The number of nitrogens with two attached hydrogens (primary N) is 1. The summed E-state index contributed by atoms with van der Waals surface area (Å²) in [7, 11) is 1.49. The number of rotatable bonds is 4. The van der Waals surface area contributed by atoms with Crippen molar-refractivity contribution < 1.29 is 14.3 Å². The third kappa shape index (κ3) is 4.15. The molecular formula is C14H20Cl2N2O3. The molecule has 1 aromatic carbocycles. The molecule has 1 atom stereocenters. The van der Waals surface area contributed by atoms with E-state index < -0.39 is 0 Å². The second-order valence-electron chi connectivity index (χ2n) is 5.16. The quantitative estimate of drug-likeness (QED) is 0.830. The molecule has 118 valence electrons. The fourth-order valence-corrected chi connectivity index (χ4v) is 2.42. The molecule has 2 rings (SSSR count). The topological polar surface area (TPSA) is 73.6 Å². The van der Waals surface area contributed by atoms with E-state index in [2.05, 4.69) is 5.32 Å². The number of carbonyl (C=O) groups is 1. The van der Waals surface area contributed by atoms with Gasteiger partial charge in [0.05, 0.1) is 29.0 Å². The normalized spacial score (nSPS) is 20.7. The molecule has 1 amide bonds. The number of amides is 1. The number of carbonyl (C=O) groups excluding carboxylic acids is 1. The van der Waals surface area contributed by atoms with Crippen LogP contribution in [0.2, 0.25) is 5.02 Å². The average Bonchev–Trinajstić information content (AvgIpc) is 2.86. The van der Waals surface area contributed by atoms with Gasteiger partial charge in [-0.3, -0.25) is 4.79 Å². The van der Waals surface area contributed by atoms with Gasteiger partial charge in [-0.05, 0) is 25.8 Å². The fraction of sp³-hybridized carbons (Fsp3) is 0.500. The summed E-state index contributed by atoms with van der Waals surface area (Å²) < 4.78 is 10.8. The van der Waals surface area contributed by atoms with Gasteiger partial charge in [0, 0.05) is 19.2 Å². The number of anilines is 1. The highest BCUT2D eigenvalue weighted by Crippen LogP contribution is 2.29. The smallest absolute Gasteiger partial charge is 0.255 e. The molecule has 1 aromatic rings. The number of halogens is 2. The molecule has 0 aliphatic carbocycles. The summed E-state index contributed by atoms with van der Waals surface area (Å²) in [4.78, 5) is 12.2. The van der Waals surface area contributed by atoms with E-state index in [0.29, 0.717) is 28.6 Å². The van der Waals surface area contributed by atoms with E-state index in [-0.39, 0.29) is 23.9 Å². The second-order valence-corrected chi connectivity index (χ2v) is 5.57. The summed E-state index contributed by atoms with van der Waals surface area (Å²) in [6.45, 7) is 3.19. The molecule has 1 aliphatic rings. The van der Waals surface area contributed by atoms with E-state index in [9.17, 15) is 4.79 Å². The van der Waals surface area contributed by atoms with Crippen LogP contribution >= 0.6 is 24.0 Å². The Balaban J connectivity index is 0.00000220. The molecule has 1 aliphatic heterocycles. The summed E-state index contributed by atoms with van der Waals surface area (Å²) >= 11 is 5.96. The third-order valence-corrected chi connectivity index (χ3v) is 3.81. The second kappa shape index (κ2) is 7.20. The van der Waals surface area contributed by atoms with Crippen LogP contribution in [-0.4, -0.2) is 31.8 Å². The number of benzene rings is 1. The molecule has 0 radical (unpaired) electrons. The van der Waals surface area contributed by atoms with Gasteiger partial charge in [0.25, 0.3) is 5.91 Å². The van der Waals surface area contributed by atoms with Crippen LogP contribution in [0.1, 0.15) is 30.1 Å². The largest absolute Gasteiger partial charge is 0.496 e. The van der Waals surface area contributed by atoms with Crippen molar-refractivity contribution >= 4 is 35.6 Å². The molecule has 3 N–H and O–H groups in total. The van der Waals surface area contributed by atoms with Crippen molar-refractivity contribution in [2.45, 2.75) is 25.4 Å². The Labute approximate surface area is 135 Å². The summed E-state index contributed by atoms with van der Waals surface area (Å²) in [5.74, 6) is 0.155. The highest BCUT2D eigenvalue weighted by atomic mass is 35.5. The maximum absolute atomic E-state index is 12.2. The molecule has 1 saturated heterocycles. The predicted octanol–water partition coefficient (Wildman–Crippen LogP) is 2.65. The number of hydrogen-bond acceptors (Lipinski definition) is 4. The summed E-state index contributed by atoms with van der Waals surface area (Å²) in [5.41, 5.74) is 6.15. The van der Waals surface area contributed by atoms with Crippen LogP contribution in [0.25, 0.3) is 0 Å². The van der Waals surface area contributed by atoms with Gasteiger partial charge in [-0.15, -0.1) is 12.4 Å². The first kappa shape index (κ1) is 17.9. The van der Waals surface area contributed by atoms with Crippen LogP contribution < -0.4 is 15.8 Å². The maximum Gasteiger partial charge on any atom is 0.255 e. The van der Waals surface area contributed by atoms with Crippen LogP contribution in [0, 0.1) is 0 Å². The molecule has 1 fully saturated rings. The van der Waals surface area contributed by atoms with Crippen LogP contribution in [0.3, 0.4) is 0 Å². The van der Waals surface area contributed by atoms with Gasteiger partial charge in [0.2, 0.25) is 0 Å². The van der Waals surface area contributed by atoms with Crippen molar-refractivity contribution in [1.82, 2.24) is 5.32 Å². The highest BCUT2D eigenvalue weighted by molar-refractivity contribution is 6.33. The number of nitrogen functional groups attached to an aromatic ring is 1. The van der Waals surface area contributed by atoms with Gasteiger partial charge >= 0.3 is 0 Å². The van der Waals surface area contributed by atoms with Crippen LogP contribution in [0.5, 0.6) is 5.75 Å². The van der Waals surface area contributed by atoms with E-state index in [0.717, 1.165) is 19.4 Å². The Hall–Kier alpha value is -1.17. The number of ether oxygens (including phenoxy) is 2. The Morgan fingerprint density at radius 2 is 2.29 bits per heavy atom. The SMILES string of the molecule is COc1cc(N)c(Cl)cc1C(=O)NCC1(C)CCCO1.Cl. The minimum atomic E-state index is -0.291. The zero-order valence-electron chi connectivity index (χ0n) is 12.1. The summed E-state index contributed by atoms with van der Waals surface area (Å²) in [6, 6.07) is 3.06. The lowest BCUT2D eigenvalue weighted by atomic mass is 10.0. The van der Waals surface area contributed by atoms with Gasteiger partial charge in [0.1, 0.15) is 5.75 Å². The first-order valence-electron chi connectivity index (χ1n) is 6.50. The van der Waals surface area contributed by atoms with E-state index >= 15 is 0 Å². The highest BCUT2D eigenvalue weighted by Gasteiger charge is 2.30. The number of nitrogens with one attached hydrogen (secondary N) is 1. The van der Waals surface area contributed by atoms with E-state index in [1.165, 1.54) is 13.2 Å². The van der Waals surface area contributed by atoms with E-state index in [1.54, 1.807) is 6.07 Å². The van der Waals surface area contributed by atoms with Gasteiger partial charge in [0.15, 0.2) is 0 Å². The number of methoxy groups -OCH3 is 1. The van der Waals surface area contributed by atoms with Gasteiger partial charge < -0.3 is 20.5 Å². The monoisotopic (exact) mass is 334 g/mol. The standard InChI is InChI=1S/C14H19ClN2O3.ClH/c1-14(4-3-5-20-14)8-17-13(18)9-6-10(15)11(16)7-12(9)19-2;/h6-7H,3-5,8,16H2,1-2H3,(H,17,18);1H. The molecule has 0 saturated carbocycles. The zero-order chi connectivity index (χ0) is 14.8. The zero-order valence-corrected chi connectivity index (χ0v) is 13.6. The van der Waals surface area contributed by atoms with E-state index in [4.69, 9.17) is 26.8 Å². The molecule has 21 heavy (non-hydrogen) atoms. The lowest BCUT2D eigenvalue weighted by Gasteiger charge is -2.23. The van der Waals surface area contributed by atoms with Crippen LogP contribution in [0.4, 0.5) is 5.69 Å². The minimum Gasteiger partial charge on any atom is -0.496 e. The first-order valence-corrected chi connectivity index (χ1v) is 6.88. The number of hydrogen-bond donors (Lipinski definition) is 2. The van der Waals surface area contributed by atoms with Crippen molar-refractivity contribution in [3.8, 4) is 5.75 Å². The van der Waals surface area contributed by atoms with Crippen molar-refractivity contribution in [3.05, 3.63) is 22.7 Å². The minimum absolute atomic E-state index is 0. The average molecular weight is 335 g/mol. The lowest BCUT2D eigenvalue weighted by molar-refractivity contribution is 0.0205. The van der Waals surface area contributed by atoms with E-state index in [1.807, 2.05) is 6.92 Å². The molecule has 0 aromatic heterocycles. The van der Waals surface area contributed by atoms with Gasteiger partial charge in [-0.2, -0.15) is 0 Å². The molecule has 1 heterocycles. The molecule has 0 spiro atoms. The van der Waals surface area contributed by atoms with Crippen LogP contribution in [0.15, 0.2) is 12.1 Å². The predicted molar refractivity (Wildman–Crippen MR) is 85.6 cm³/mol. The first-order chi connectivity index (χ1) is 9.45. The molecule has 0 bridgehead atoms. The van der Waals surface area contributed by atoms with Crippen molar-refractivity contribution in [2.24, 2.45) is 0 Å². The van der Waals surface area contributed by atoms with Gasteiger partial charge in [-0.1, -0.05) is 11.6 Å². The molecule has 1 unspecified atom stereocenters. The third-order valence-electron chi connectivity index (χ3n) is 3.49. The summed E-state index contributed by atoms with van der Waals surface area (Å²) in [6.07, 6.45) is 1.95. The Bertz CT molecular complexity index is 517. The van der Waals surface area contributed by atoms with Gasteiger partial charge in [-0.25, -0.2) is 0 Å². The van der Waals surface area contributed by atoms with Crippen molar-refractivity contribution in [2.75, 3.05) is 26.0 Å². The Kier molecular flexibility index (Phi) is 6.13. The Morgan fingerprint density at radius 3 is 2.86 bits per heavy atom. The maximum atomic E-state index is 12.2. The molecule has 7 heteroatoms. The summed E-state index contributed by atoms with van der Waals surface area (Å²) in [5, 5.41) is 3.19. The lowest BCUT2D eigenvalue weighted by Crippen LogP contribution is -2.40. The molecular weight excluding hydrogens is 315 g/mol. The van der Waals surface area contributed by atoms with Crippen molar-refractivity contribution in [1.29, 1.82) is 0 Å². The van der Waals surface area contributed by atoms with Crippen molar-refractivity contribution in [3.63, 3.8) is 0 Å². The molecule has 5 nitrogen and oxygen atoms in total. The van der Waals surface area contributed by atoms with Crippen LogP contribution in [-0.2, 0) is 4.74 Å².